The second-order valence-electron chi connectivity index (χ2n) is 2.89. The summed E-state index contributed by atoms with van der Waals surface area (Å²) in [5.41, 5.74) is 5.10. The van der Waals surface area contributed by atoms with E-state index < -0.39 is 17.9 Å². The van der Waals surface area contributed by atoms with Gasteiger partial charge in [-0.15, -0.1) is 0 Å². The Hall–Kier alpha value is -0.490. The fourth-order valence-electron chi connectivity index (χ4n) is 0.307. The minimum absolute atomic E-state index is 0. The fourth-order valence-corrected chi connectivity index (χ4v) is 0.307. The van der Waals surface area contributed by atoms with Crippen LogP contribution in [0.3, 0.4) is 0 Å². The molecule has 0 aromatic rings. The topological polar surface area (TPSA) is 196 Å². The molecule has 0 saturated heterocycles. The summed E-state index contributed by atoms with van der Waals surface area (Å²) in [5, 5.41) is 32.0. The molecule has 0 atom stereocenters. The Balaban J connectivity index is -0.0000000212. The van der Waals surface area contributed by atoms with Crippen molar-refractivity contribution in [2.75, 3.05) is 19.6 Å². The molecule has 128 valence electrons. The maximum absolute atomic E-state index is 9.00. The predicted molar refractivity (Wildman–Crippen MR) is 81.0 cm³/mol. The van der Waals surface area contributed by atoms with E-state index in [1.54, 1.807) is 0 Å². The van der Waals surface area contributed by atoms with Crippen LogP contribution in [0.1, 0.15) is 30.5 Å². The molecule has 0 aliphatic carbocycles. The monoisotopic (exact) mass is 343 g/mol. The van der Waals surface area contributed by atoms with Crippen LogP contribution in [-0.4, -0.2) is 101 Å². The molecule has 0 fully saturated rings. The third-order valence-corrected chi connectivity index (χ3v) is 0.752. The zero-order chi connectivity index (χ0) is 16.4. The minimum Gasteiger partial charge on any atom is -1.00 e. The van der Waals surface area contributed by atoms with E-state index in [0.717, 1.165) is 20.8 Å². The summed E-state index contributed by atoms with van der Waals surface area (Å²) in [7, 11) is 0. The summed E-state index contributed by atoms with van der Waals surface area (Å²) >= 11 is 0. The summed E-state index contributed by atoms with van der Waals surface area (Å²) in [6, 6.07) is 0. The summed E-state index contributed by atoms with van der Waals surface area (Å²) in [6.45, 7) is 6.85. The SMILES string of the molecule is CC(=O)O.CC(=O)O.CC(=O)O.CCN(O)CCN.N.[Ca+2].[H-].[H-]. The van der Waals surface area contributed by atoms with Crippen LogP contribution in [0.15, 0.2) is 0 Å². The molecule has 0 saturated carbocycles. The molecule has 21 heavy (non-hydrogen) atoms. The summed E-state index contributed by atoms with van der Waals surface area (Å²) in [6.07, 6.45) is 0. The van der Waals surface area contributed by atoms with Gasteiger partial charge in [0.15, 0.2) is 0 Å². The van der Waals surface area contributed by atoms with Crippen LogP contribution < -0.4 is 11.9 Å². The van der Waals surface area contributed by atoms with Crippen LogP contribution in [0.4, 0.5) is 0 Å². The number of nitrogens with two attached hydrogens (primary N) is 1. The first kappa shape index (κ1) is 37.1. The molecule has 0 aromatic heterocycles. The number of hydrogen-bond donors (Lipinski definition) is 6. The number of hydrogen-bond acceptors (Lipinski definition) is 7. The number of carbonyl (C=O) groups is 3. The normalized spacial score (nSPS) is 7.00. The van der Waals surface area contributed by atoms with Gasteiger partial charge >= 0.3 is 37.7 Å². The Morgan fingerprint density at radius 1 is 1.00 bits per heavy atom. The van der Waals surface area contributed by atoms with Crippen LogP contribution in [0.25, 0.3) is 0 Å². The van der Waals surface area contributed by atoms with E-state index in [4.69, 9.17) is 40.6 Å². The molecule has 0 unspecified atom stereocenters. The molecule has 0 radical (unpaired) electrons. The van der Waals surface area contributed by atoms with Crippen molar-refractivity contribution in [3.8, 4) is 0 Å². The molecule has 10 nitrogen and oxygen atoms in total. The van der Waals surface area contributed by atoms with Gasteiger partial charge in [0.05, 0.1) is 0 Å². The number of carboxylic acids is 3. The van der Waals surface area contributed by atoms with Gasteiger partial charge in [0.1, 0.15) is 0 Å². The maximum Gasteiger partial charge on any atom is 2.00 e. The molecule has 11 heteroatoms. The van der Waals surface area contributed by atoms with Crippen molar-refractivity contribution in [3.05, 3.63) is 0 Å². The zero-order valence-corrected chi connectivity index (χ0v) is 15.3. The van der Waals surface area contributed by atoms with E-state index in [0.29, 0.717) is 19.6 Å². The van der Waals surface area contributed by atoms with E-state index in [9.17, 15) is 0 Å². The van der Waals surface area contributed by atoms with Crippen molar-refractivity contribution in [1.82, 2.24) is 11.2 Å². The van der Waals surface area contributed by atoms with E-state index in [1.807, 2.05) is 6.92 Å². The predicted octanol–water partition coefficient (Wildman–Crippen LogP) is -0.0649. The summed E-state index contributed by atoms with van der Waals surface area (Å²) in [5.74, 6) is -2.50. The minimum atomic E-state index is -0.833. The molecular weight excluding hydrogens is 314 g/mol. The number of carboxylic acid groups (broad SMARTS) is 3. The number of nitrogens with zero attached hydrogens (tertiary/aromatic N) is 1. The second kappa shape index (κ2) is 31.7. The van der Waals surface area contributed by atoms with Crippen molar-refractivity contribution in [3.63, 3.8) is 0 Å². The van der Waals surface area contributed by atoms with Gasteiger partial charge in [-0.2, -0.15) is 5.06 Å². The third kappa shape index (κ3) is 294. The van der Waals surface area contributed by atoms with Gasteiger partial charge in [0.2, 0.25) is 0 Å². The van der Waals surface area contributed by atoms with Crippen molar-refractivity contribution < 1.29 is 37.8 Å². The Morgan fingerprint density at radius 2 is 1.19 bits per heavy atom. The molecule has 0 heterocycles. The van der Waals surface area contributed by atoms with Gasteiger partial charge in [-0.25, -0.2) is 0 Å². The standard InChI is InChI=1S/C4H12N2O.3C2H4O2.Ca.H3N.2H/c1-2-6(7)4-3-5;3*1-2(3)4;;;;/h7H,2-5H2,1H3;3*1H3,(H,3,4);;1H3;;/q;;;;+2;;2*-1. The summed E-state index contributed by atoms with van der Waals surface area (Å²) in [4.78, 5) is 27.0. The zero-order valence-electron chi connectivity index (χ0n) is 15.1. The third-order valence-electron chi connectivity index (χ3n) is 0.752. The molecule has 0 aliphatic heterocycles. The molecule has 0 aliphatic rings. The molecule has 0 bridgehead atoms. The largest absolute Gasteiger partial charge is 2.00 e. The molecular formula is C10H29CaN3O7. The van der Waals surface area contributed by atoms with E-state index >= 15 is 0 Å². The second-order valence-corrected chi connectivity index (χ2v) is 2.89. The average Bonchev–Trinajstić information content (AvgIpc) is 2.15. The maximum atomic E-state index is 9.00. The first-order valence-corrected chi connectivity index (χ1v) is 5.23. The Morgan fingerprint density at radius 3 is 1.24 bits per heavy atom. The van der Waals surface area contributed by atoms with Crippen LogP contribution in [0, 0.1) is 0 Å². The van der Waals surface area contributed by atoms with Gasteiger partial charge in [-0.3, -0.25) is 14.4 Å². The van der Waals surface area contributed by atoms with Crippen LogP contribution in [0.5, 0.6) is 0 Å². The quantitative estimate of drug-likeness (QED) is 0.298. The van der Waals surface area contributed by atoms with Gasteiger partial charge in [0.25, 0.3) is 17.9 Å². The fraction of sp³-hybridized carbons (Fsp3) is 0.700. The molecule has 0 aromatic carbocycles. The molecule has 0 spiro atoms. The van der Waals surface area contributed by atoms with Crippen molar-refractivity contribution >= 4 is 55.6 Å². The van der Waals surface area contributed by atoms with Crippen molar-refractivity contribution in [2.45, 2.75) is 27.7 Å². The van der Waals surface area contributed by atoms with Gasteiger partial charge in [0, 0.05) is 40.4 Å². The number of rotatable bonds is 3. The molecule has 0 rings (SSSR count). The van der Waals surface area contributed by atoms with Crippen LogP contribution in [0.2, 0.25) is 0 Å². The van der Waals surface area contributed by atoms with Gasteiger partial charge in [-0.1, -0.05) is 6.92 Å². The van der Waals surface area contributed by atoms with Crippen molar-refractivity contribution in [1.29, 1.82) is 0 Å². The van der Waals surface area contributed by atoms with Gasteiger partial charge < -0.3 is 35.3 Å². The number of aliphatic carboxylic acids is 3. The smallest absolute Gasteiger partial charge is 1.00 e. The van der Waals surface area contributed by atoms with Gasteiger partial charge in [-0.05, 0) is 0 Å². The van der Waals surface area contributed by atoms with E-state index in [2.05, 4.69) is 0 Å². The number of likely N-dealkylation sites (N-methyl/N-ethyl adjacent to an activating group) is 1. The first-order valence-electron chi connectivity index (χ1n) is 5.23. The van der Waals surface area contributed by atoms with Crippen LogP contribution >= 0.6 is 0 Å². The Bertz CT molecular complexity index is 212. The summed E-state index contributed by atoms with van der Waals surface area (Å²) < 4.78 is 0. The molecule has 9 N–H and O–H groups in total. The van der Waals surface area contributed by atoms with E-state index in [1.165, 1.54) is 5.06 Å². The average molecular weight is 343 g/mol. The first-order chi connectivity index (χ1) is 8.50. The van der Waals surface area contributed by atoms with Crippen LogP contribution in [-0.2, 0) is 14.4 Å². The van der Waals surface area contributed by atoms with Crippen molar-refractivity contribution in [2.24, 2.45) is 5.73 Å². The molecule has 0 amide bonds. The van der Waals surface area contributed by atoms with E-state index in [-0.39, 0.29) is 46.7 Å². The number of hydroxylamine groups is 2. The Kier molecular flexibility index (Phi) is 56.1. The Labute approximate surface area is 157 Å².